The fourth-order valence-corrected chi connectivity index (χ4v) is 3.99. The molecule has 0 aliphatic carbocycles. The number of aryl methyl sites for hydroxylation is 1. The molecule has 0 amide bonds. The summed E-state index contributed by atoms with van der Waals surface area (Å²) in [5, 5.41) is 8.03. The Hall–Kier alpha value is -2.69. The van der Waals surface area contributed by atoms with Crippen LogP contribution in [0.3, 0.4) is 0 Å². The van der Waals surface area contributed by atoms with Crippen LogP contribution < -0.4 is 0 Å². The van der Waals surface area contributed by atoms with E-state index in [-0.39, 0.29) is 11.8 Å². The van der Waals surface area contributed by atoms with Gasteiger partial charge in [0.2, 0.25) is 0 Å². The number of aromatic nitrogens is 6. The van der Waals surface area contributed by atoms with Crippen molar-refractivity contribution < 1.29 is 13.2 Å². The van der Waals surface area contributed by atoms with Crippen LogP contribution in [0, 0.1) is 0 Å². The molecule has 3 heterocycles. The molecule has 3 aromatic heterocycles. The highest BCUT2D eigenvalue weighted by atomic mass is 79.9. The molecule has 32 heavy (non-hydrogen) atoms. The van der Waals surface area contributed by atoms with Gasteiger partial charge in [0.25, 0.3) is 5.82 Å². The van der Waals surface area contributed by atoms with Gasteiger partial charge in [-0.05, 0) is 25.1 Å². The highest BCUT2D eigenvalue weighted by Gasteiger charge is 2.36. The molecule has 0 aliphatic heterocycles. The van der Waals surface area contributed by atoms with Crippen LogP contribution in [0.2, 0.25) is 0 Å². The van der Waals surface area contributed by atoms with Gasteiger partial charge in [-0.15, -0.1) is 5.10 Å². The number of rotatable bonds is 9. The second-order valence-corrected chi connectivity index (χ2v) is 8.36. The average Bonchev–Trinajstić information content (AvgIpc) is 3.35. The van der Waals surface area contributed by atoms with Gasteiger partial charge in [-0.25, -0.2) is 19.2 Å². The van der Waals surface area contributed by atoms with E-state index in [2.05, 4.69) is 42.7 Å². The van der Waals surface area contributed by atoms with Crippen LogP contribution >= 0.6 is 15.9 Å². The summed E-state index contributed by atoms with van der Waals surface area (Å²) in [4.78, 5) is 10.2. The summed E-state index contributed by atoms with van der Waals surface area (Å²) < 4.78 is 43.1. The molecule has 1 unspecified atom stereocenters. The van der Waals surface area contributed by atoms with Crippen LogP contribution in [-0.4, -0.2) is 41.3 Å². The zero-order valence-electron chi connectivity index (χ0n) is 18.1. The van der Waals surface area contributed by atoms with Crippen molar-refractivity contribution in [3.05, 3.63) is 64.7 Å². The molecular weight excluding hydrogens is 487 g/mol. The molecule has 0 N–H and O–H groups in total. The fraction of sp³-hybridized carbons (Fsp3) is 0.429. The highest BCUT2D eigenvalue weighted by molar-refractivity contribution is 9.11. The minimum Gasteiger partial charge on any atom is -0.355 e. The lowest BCUT2D eigenvalue weighted by Crippen LogP contribution is -2.27. The van der Waals surface area contributed by atoms with Crippen molar-refractivity contribution in [1.29, 1.82) is 0 Å². The van der Waals surface area contributed by atoms with Gasteiger partial charge in [0.15, 0.2) is 11.8 Å². The van der Waals surface area contributed by atoms with Crippen molar-refractivity contribution in [1.82, 2.24) is 34.3 Å². The molecule has 0 bridgehead atoms. The molecular formula is C21H25BrF3N7. The molecule has 172 valence electrons. The minimum absolute atomic E-state index is 0.180. The maximum absolute atomic E-state index is 13.1. The number of hydrogen-bond acceptors (Lipinski definition) is 5. The molecule has 3 aromatic rings. The molecule has 7 nitrogen and oxygen atoms in total. The van der Waals surface area contributed by atoms with Gasteiger partial charge in [-0.3, -0.25) is 0 Å². The zero-order valence-corrected chi connectivity index (χ0v) is 19.7. The van der Waals surface area contributed by atoms with Gasteiger partial charge in [0.1, 0.15) is 6.33 Å². The van der Waals surface area contributed by atoms with E-state index in [0.717, 1.165) is 27.5 Å². The Labute approximate surface area is 192 Å². The Bertz CT molecular complexity index is 1120. The summed E-state index contributed by atoms with van der Waals surface area (Å²) in [7, 11) is 1.93. The van der Waals surface area contributed by atoms with Crippen LogP contribution in [0.5, 0.6) is 0 Å². The summed E-state index contributed by atoms with van der Waals surface area (Å²) >= 11 is 3.49. The maximum Gasteiger partial charge on any atom is 0.453 e. The number of hydrogen-bond donors (Lipinski definition) is 0. The summed E-state index contributed by atoms with van der Waals surface area (Å²) in [6, 6.07) is 1.87. The quantitative estimate of drug-likeness (QED) is 0.397. The summed E-state index contributed by atoms with van der Waals surface area (Å²) in [5.74, 6) is -1.17. The first kappa shape index (κ1) is 24.0. The minimum atomic E-state index is -4.62. The molecule has 0 spiro atoms. The summed E-state index contributed by atoms with van der Waals surface area (Å²) in [5.41, 5.74) is 2.32. The number of alkyl halides is 3. The van der Waals surface area contributed by atoms with E-state index in [1.165, 1.54) is 6.33 Å². The lowest BCUT2D eigenvalue weighted by atomic mass is 10.1. The first-order valence-corrected chi connectivity index (χ1v) is 11.0. The molecule has 3 rings (SSSR count). The Morgan fingerprint density at radius 2 is 2.09 bits per heavy atom. The number of allylic oxidation sites excluding steroid dienone is 1. The highest BCUT2D eigenvalue weighted by Crippen LogP contribution is 2.29. The van der Waals surface area contributed by atoms with Crippen LogP contribution in [0.15, 0.2) is 41.9 Å². The fourth-order valence-electron chi connectivity index (χ4n) is 3.47. The second kappa shape index (κ2) is 9.85. The van der Waals surface area contributed by atoms with Gasteiger partial charge in [-0.2, -0.15) is 18.3 Å². The SMILES string of the molecule is C=C(Br)C(N(C)/C=C\CC)n1nccc1Cc1ncn2nc(C(F)(F)F)nc2c1CCC. The van der Waals surface area contributed by atoms with E-state index in [0.29, 0.717) is 24.1 Å². The molecule has 0 fully saturated rings. The molecule has 0 aliphatic rings. The summed E-state index contributed by atoms with van der Waals surface area (Å²) in [6.45, 7) is 8.04. The van der Waals surface area contributed by atoms with Gasteiger partial charge in [-0.1, -0.05) is 48.9 Å². The van der Waals surface area contributed by atoms with Crippen molar-refractivity contribution in [3.8, 4) is 0 Å². The van der Waals surface area contributed by atoms with Crippen molar-refractivity contribution in [2.24, 2.45) is 0 Å². The Morgan fingerprint density at radius 1 is 1.34 bits per heavy atom. The van der Waals surface area contributed by atoms with Crippen molar-refractivity contribution >= 4 is 21.6 Å². The van der Waals surface area contributed by atoms with Crippen molar-refractivity contribution in [2.75, 3.05) is 7.05 Å². The molecule has 1 atom stereocenters. The van der Waals surface area contributed by atoms with E-state index in [1.807, 2.05) is 48.8 Å². The molecule has 0 saturated heterocycles. The van der Waals surface area contributed by atoms with Crippen molar-refractivity contribution in [3.63, 3.8) is 0 Å². The number of fused-ring (bicyclic) bond motifs is 1. The summed E-state index contributed by atoms with van der Waals surface area (Å²) in [6.07, 6.45) is 4.59. The van der Waals surface area contributed by atoms with E-state index >= 15 is 0 Å². The number of nitrogens with zero attached hydrogens (tertiary/aromatic N) is 7. The molecule has 0 saturated carbocycles. The zero-order chi connectivity index (χ0) is 23.5. The molecule has 11 heteroatoms. The smallest absolute Gasteiger partial charge is 0.355 e. The van der Waals surface area contributed by atoms with Gasteiger partial charge >= 0.3 is 6.18 Å². The molecule has 0 aromatic carbocycles. The van der Waals surface area contributed by atoms with Gasteiger partial charge < -0.3 is 4.90 Å². The topological polar surface area (TPSA) is 64.1 Å². The first-order chi connectivity index (χ1) is 15.2. The second-order valence-electron chi connectivity index (χ2n) is 7.34. The van der Waals surface area contributed by atoms with E-state index in [9.17, 15) is 13.2 Å². The normalized spacial score (nSPS) is 13.2. The first-order valence-electron chi connectivity index (χ1n) is 10.2. The monoisotopic (exact) mass is 511 g/mol. The van der Waals surface area contributed by atoms with E-state index < -0.39 is 12.0 Å². The van der Waals surface area contributed by atoms with E-state index in [4.69, 9.17) is 0 Å². The predicted octanol–water partition coefficient (Wildman–Crippen LogP) is 5.15. The predicted molar refractivity (Wildman–Crippen MR) is 119 cm³/mol. The standard InChI is InChI=1S/C21H25BrF3N7/c1-5-7-11-30(4)19(14(3)22)32-15(9-10-27-32)12-17-16(8-6-2)18-28-20(21(23,24)25)29-31(18)13-26-17/h7,9-11,13,19H,3,5-6,8,12H2,1-2,4H3/b11-7-. The third-order valence-corrected chi connectivity index (χ3v) is 5.31. The molecule has 0 radical (unpaired) electrons. The largest absolute Gasteiger partial charge is 0.453 e. The van der Waals surface area contributed by atoms with Crippen molar-refractivity contribution in [2.45, 2.75) is 51.9 Å². The average molecular weight is 512 g/mol. The van der Waals surface area contributed by atoms with Crippen LogP contribution in [0.4, 0.5) is 13.2 Å². The Morgan fingerprint density at radius 3 is 2.72 bits per heavy atom. The third kappa shape index (κ3) is 5.03. The van der Waals surface area contributed by atoms with Crippen LogP contribution in [0.1, 0.15) is 55.6 Å². The number of likely N-dealkylation sites (N-methyl/N-ethyl adjacent to an activating group) is 1. The van der Waals surface area contributed by atoms with Gasteiger partial charge in [0, 0.05) is 35.4 Å². The van der Waals surface area contributed by atoms with E-state index in [1.54, 1.807) is 6.20 Å². The lowest BCUT2D eigenvalue weighted by molar-refractivity contribution is -0.144. The van der Waals surface area contributed by atoms with Crippen LogP contribution in [0.25, 0.3) is 5.65 Å². The number of halogens is 4. The lowest BCUT2D eigenvalue weighted by Gasteiger charge is -2.28. The third-order valence-electron chi connectivity index (χ3n) is 4.90. The Balaban J connectivity index is 2.03. The maximum atomic E-state index is 13.1. The van der Waals surface area contributed by atoms with Crippen LogP contribution in [-0.2, 0) is 19.0 Å². The Kier molecular flexibility index (Phi) is 7.37. The van der Waals surface area contributed by atoms with Gasteiger partial charge in [0.05, 0.1) is 5.69 Å².